The van der Waals surface area contributed by atoms with Crippen LogP contribution in [0.1, 0.15) is 27.7 Å². The molecule has 0 aromatic heterocycles. The summed E-state index contributed by atoms with van der Waals surface area (Å²) in [6.45, 7) is 10.2. The van der Waals surface area contributed by atoms with Crippen LogP contribution in [0.15, 0.2) is 0 Å². The first-order valence-electron chi connectivity index (χ1n) is 5.13. The van der Waals surface area contributed by atoms with E-state index in [9.17, 15) is 4.79 Å². The Kier molecular flexibility index (Phi) is 6.49. The summed E-state index contributed by atoms with van der Waals surface area (Å²) in [5, 5.41) is 5.78. The van der Waals surface area contributed by atoms with Gasteiger partial charge in [0.2, 0.25) is 5.91 Å². The van der Waals surface area contributed by atoms with Crippen LogP contribution in [0.2, 0.25) is 0 Å². The Morgan fingerprint density at radius 1 is 1.36 bits per heavy atom. The average molecular weight is 202 g/mol. The maximum atomic E-state index is 11.2. The first-order valence-corrected chi connectivity index (χ1v) is 5.13. The molecule has 2 N–H and O–H groups in total. The molecule has 0 heterocycles. The molecule has 0 saturated heterocycles. The summed E-state index contributed by atoms with van der Waals surface area (Å²) >= 11 is 0. The molecule has 0 atom stereocenters. The quantitative estimate of drug-likeness (QED) is 0.633. The number of hydrogen-bond donors (Lipinski definition) is 2. The number of carbonyl (C=O) groups excluding carboxylic acids is 1. The minimum atomic E-state index is -0.281. The van der Waals surface area contributed by atoms with Gasteiger partial charge in [-0.1, -0.05) is 6.92 Å². The molecule has 0 radical (unpaired) electrons. The first-order chi connectivity index (χ1) is 6.52. The minimum absolute atomic E-state index is 0.0135. The highest BCUT2D eigenvalue weighted by Gasteiger charge is 2.17. The Bertz CT molecular complexity index is 170. The largest absolute Gasteiger partial charge is 0.374 e. The van der Waals surface area contributed by atoms with Crippen molar-refractivity contribution in [2.75, 3.05) is 26.2 Å². The molecule has 1 amide bonds. The van der Waals surface area contributed by atoms with Gasteiger partial charge in [-0.2, -0.15) is 0 Å². The molecule has 0 bridgehead atoms. The van der Waals surface area contributed by atoms with E-state index in [0.717, 1.165) is 6.54 Å². The Morgan fingerprint density at radius 3 is 2.50 bits per heavy atom. The van der Waals surface area contributed by atoms with Gasteiger partial charge in [0, 0.05) is 13.2 Å². The minimum Gasteiger partial charge on any atom is -0.374 e. The van der Waals surface area contributed by atoms with Crippen molar-refractivity contribution in [2.45, 2.75) is 33.3 Å². The fourth-order valence-corrected chi connectivity index (χ4v) is 1.05. The van der Waals surface area contributed by atoms with E-state index < -0.39 is 0 Å². The number of nitrogens with one attached hydrogen (secondary N) is 2. The van der Waals surface area contributed by atoms with Gasteiger partial charge in [-0.25, -0.2) is 0 Å². The first kappa shape index (κ1) is 13.4. The second kappa shape index (κ2) is 6.79. The van der Waals surface area contributed by atoms with Crippen LogP contribution in [0.3, 0.4) is 0 Å². The molecule has 0 rings (SSSR count). The molecule has 0 aliphatic heterocycles. The van der Waals surface area contributed by atoms with E-state index in [1.54, 1.807) is 0 Å². The van der Waals surface area contributed by atoms with Crippen LogP contribution >= 0.6 is 0 Å². The third-order valence-corrected chi connectivity index (χ3v) is 1.78. The highest BCUT2D eigenvalue weighted by atomic mass is 16.5. The second-order valence-corrected chi connectivity index (χ2v) is 3.75. The van der Waals surface area contributed by atoms with E-state index >= 15 is 0 Å². The van der Waals surface area contributed by atoms with Gasteiger partial charge in [-0.05, 0) is 27.3 Å². The Balaban J connectivity index is 3.64. The number of hydrogen-bond acceptors (Lipinski definition) is 3. The van der Waals surface area contributed by atoms with Crippen LogP contribution in [0, 0.1) is 0 Å². The van der Waals surface area contributed by atoms with Crippen LogP contribution in [0.5, 0.6) is 0 Å². The predicted molar refractivity (Wildman–Crippen MR) is 57.3 cm³/mol. The second-order valence-electron chi connectivity index (χ2n) is 3.75. The van der Waals surface area contributed by atoms with Crippen molar-refractivity contribution in [1.82, 2.24) is 10.6 Å². The summed E-state index contributed by atoms with van der Waals surface area (Å²) in [5.74, 6) is 0.0135. The van der Waals surface area contributed by atoms with Crippen LogP contribution in [-0.2, 0) is 9.53 Å². The predicted octanol–water partition coefficient (Wildman–Crippen LogP) is 0.527. The van der Waals surface area contributed by atoms with Crippen molar-refractivity contribution in [3.63, 3.8) is 0 Å². The third-order valence-electron chi connectivity index (χ3n) is 1.78. The number of ether oxygens (including phenoxy) is 1. The lowest BCUT2D eigenvalue weighted by atomic mass is 10.1. The maximum absolute atomic E-state index is 11.2. The van der Waals surface area contributed by atoms with Crippen molar-refractivity contribution in [2.24, 2.45) is 0 Å². The van der Waals surface area contributed by atoms with Crippen molar-refractivity contribution < 1.29 is 9.53 Å². The van der Waals surface area contributed by atoms with E-state index in [-0.39, 0.29) is 11.5 Å². The standard InChI is InChI=1S/C10H22N2O2/c1-5-11-7-9(13)12-8-10(3,4)14-6-2/h11H,5-8H2,1-4H3,(H,12,13). The zero-order chi connectivity index (χ0) is 11.0. The van der Waals surface area contributed by atoms with Gasteiger partial charge in [0.15, 0.2) is 0 Å². The van der Waals surface area contributed by atoms with E-state index in [1.165, 1.54) is 0 Å². The van der Waals surface area contributed by atoms with Crippen molar-refractivity contribution in [3.05, 3.63) is 0 Å². The lowest BCUT2D eigenvalue weighted by Crippen LogP contribution is -2.43. The number of likely N-dealkylation sites (N-methyl/N-ethyl adjacent to an activating group) is 1. The summed E-state index contributed by atoms with van der Waals surface area (Å²) in [6, 6.07) is 0. The van der Waals surface area contributed by atoms with Gasteiger partial charge < -0.3 is 15.4 Å². The molecule has 0 saturated carbocycles. The fourth-order valence-electron chi connectivity index (χ4n) is 1.05. The molecule has 4 nitrogen and oxygen atoms in total. The lowest BCUT2D eigenvalue weighted by Gasteiger charge is -2.24. The fraction of sp³-hybridized carbons (Fsp3) is 0.900. The summed E-state index contributed by atoms with van der Waals surface area (Å²) < 4.78 is 5.45. The van der Waals surface area contributed by atoms with E-state index in [4.69, 9.17) is 4.74 Å². The third kappa shape index (κ3) is 6.86. The normalized spacial score (nSPS) is 11.4. The van der Waals surface area contributed by atoms with E-state index in [1.807, 2.05) is 27.7 Å². The van der Waals surface area contributed by atoms with Crippen LogP contribution in [-0.4, -0.2) is 37.7 Å². The summed E-state index contributed by atoms with van der Waals surface area (Å²) in [6.07, 6.45) is 0. The SMILES string of the molecule is CCNCC(=O)NCC(C)(C)OCC. The molecule has 4 heteroatoms. The molecule has 0 aliphatic rings. The number of rotatable bonds is 7. The number of carbonyl (C=O) groups is 1. The summed E-state index contributed by atoms with van der Waals surface area (Å²) in [7, 11) is 0. The summed E-state index contributed by atoms with van der Waals surface area (Å²) in [5.41, 5.74) is -0.281. The lowest BCUT2D eigenvalue weighted by molar-refractivity contribution is -0.121. The van der Waals surface area contributed by atoms with E-state index in [0.29, 0.717) is 19.7 Å². The van der Waals surface area contributed by atoms with Crippen LogP contribution in [0.4, 0.5) is 0 Å². The van der Waals surface area contributed by atoms with Crippen molar-refractivity contribution in [3.8, 4) is 0 Å². The van der Waals surface area contributed by atoms with Gasteiger partial charge in [-0.3, -0.25) is 4.79 Å². The van der Waals surface area contributed by atoms with Gasteiger partial charge >= 0.3 is 0 Å². The van der Waals surface area contributed by atoms with Crippen LogP contribution in [0.25, 0.3) is 0 Å². The van der Waals surface area contributed by atoms with E-state index in [2.05, 4.69) is 10.6 Å². The number of amides is 1. The Hall–Kier alpha value is -0.610. The maximum Gasteiger partial charge on any atom is 0.234 e. The molecule has 0 unspecified atom stereocenters. The zero-order valence-electron chi connectivity index (χ0n) is 9.64. The highest BCUT2D eigenvalue weighted by molar-refractivity contribution is 5.78. The molecule has 0 aliphatic carbocycles. The molecule has 14 heavy (non-hydrogen) atoms. The average Bonchev–Trinajstić information content (AvgIpc) is 2.11. The topological polar surface area (TPSA) is 50.4 Å². The molecule has 0 spiro atoms. The molecular weight excluding hydrogens is 180 g/mol. The molecular formula is C10H22N2O2. The molecule has 0 aromatic carbocycles. The monoisotopic (exact) mass is 202 g/mol. The zero-order valence-corrected chi connectivity index (χ0v) is 9.64. The smallest absolute Gasteiger partial charge is 0.234 e. The highest BCUT2D eigenvalue weighted by Crippen LogP contribution is 2.06. The Labute approximate surface area is 86.4 Å². The van der Waals surface area contributed by atoms with Gasteiger partial charge in [-0.15, -0.1) is 0 Å². The van der Waals surface area contributed by atoms with Crippen LogP contribution < -0.4 is 10.6 Å². The summed E-state index contributed by atoms with van der Waals surface area (Å²) in [4.78, 5) is 11.2. The van der Waals surface area contributed by atoms with Gasteiger partial charge in [0.25, 0.3) is 0 Å². The molecule has 0 aromatic rings. The Morgan fingerprint density at radius 2 is 2.00 bits per heavy atom. The molecule has 84 valence electrons. The van der Waals surface area contributed by atoms with Crippen molar-refractivity contribution >= 4 is 5.91 Å². The molecule has 0 fully saturated rings. The van der Waals surface area contributed by atoms with Gasteiger partial charge in [0.1, 0.15) is 0 Å². The van der Waals surface area contributed by atoms with Crippen molar-refractivity contribution in [1.29, 1.82) is 0 Å². The van der Waals surface area contributed by atoms with Gasteiger partial charge in [0.05, 0.1) is 12.1 Å².